The molecule has 5 nitrogen and oxygen atoms in total. The molecule has 158 valence electrons. The highest BCUT2D eigenvalue weighted by Gasteiger charge is 2.22. The minimum absolute atomic E-state index is 0.0664. The molecule has 1 aromatic heterocycles. The predicted octanol–water partition coefficient (Wildman–Crippen LogP) is 4.47. The first-order chi connectivity index (χ1) is 14.5. The van der Waals surface area contributed by atoms with Crippen LogP contribution in [-0.2, 0) is 16.0 Å². The van der Waals surface area contributed by atoms with E-state index in [2.05, 4.69) is 11.0 Å². The first-order valence-corrected chi connectivity index (χ1v) is 11.4. The fourth-order valence-corrected chi connectivity index (χ4v) is 4.91. The van der Waals surface area contributed by atoms with Crippen molar-refractivity contribution in [2.24, 2.45) is 0 Å². The van der Waals surface area contributed by atoms with E-state index in [1.807, 2.05) is 49.1 Å². The van der Waals surface area contributed by atoms with Crippen LogP contribution in [0.25, 0.3) is 10.2 Å². The van der Waals surface area contributed by atoms with Crippen LogP contribution in [0.2, 0.25) is 5.02 Å². The molecule has 3 aromatic rings. The largest absolute Gasteiger partial charge is 0.379 e. The molecule has 1 fully saturated rings. The molecule has 1 aliphatic heterocycles. The van der Waals surface area contributed by atoms with Crippen molar-refractivity contribution >= 4 is 44.2 Å². The average Bonchev–Trinajstić information content (AvgIpc) is 3.16. The Labute approximate surface area is 186 Å². The number of amides is 1. The fraction of sp³-hybridized carbons (Fsp3) is 0.391. The van der Waals surface area contributed by atoms with Crippen LogP contribution in [0.15, 0.2) is 36.4 Å². The van der Waals surface area contributed by atoms with E-state index in [9.17, 15) is 4.79 Å². The van der Waals surface area contributed by atoms with Crippen LogP contribution in [0.5, 0.6) is 0 Å². The second kappa shape index (κ2) is 9.43. The number of halogens is 1. The quantitative estimate of drug-likeness (QED) is 0.563. The number of hydrogen-bond donors (Lipinski definition) is 0. The average molecular weight is 444 g/mol. The molecule has 30 heavy (non-hydrogen) atoms. The number of anilines is 1. The van der Waals surface area contributed by atoms with E-state index in [0.29, 0.717) is 18.0 Å². The summed E-state index contributed by atoms with van der Waals surface area (Å²) in [4.78, 5) is 22.3. The highest BCUT2D eigenvalue weighted by Crippen LogP contribution is 2.33. The number of carbonyl (C=O) groups is 1. The lowest BCUT2D eigenvalue weighted by molar-refractivity contribution is -0.118. The van der Waals surface area contributed by atoms with Gasteiger partial charge >= 0.3 is 0 Å². The Hall–Kier alpha value is -1.99. The zero-order valence-corrected chi connectivity index (χ0v) is 18.9. The normalized spacial score (nSPS) is 14.9. The number of carbonyl (C=O) groups excluding carboxylic acids is 1. The van der Waals surface area contributed by atoms with Gasteiger partial charge in [0.1, 0.15) is 0 Å². The SMILES string of the molecule is Cc1cccc(CC(=O)N(CCN2CCOCC2)c2nc3c(C)c(Cl)ccc3s2)c1. The van der Waals surface area contributed by atoms with Crippen LogP contribution in [-0.4, -0.2) is 55.2 Å². The summed E-state index contributed by atoms with van der Waals surface area (Å²) in [7, 11) is 0. The number of fused-ring (bicyclic) bond motifs is 1. The minimum Gasteiger partial charge on any atom is -0.379 e. The molecule has 4 rings (SSSR count). The maximum Gasteiger partial charge on any atom is 0.233 e. The van der Waals surface area contributed by atoms with E-state index in [1.165, 1.54) is 0 Å². The second-order valence-electron chi connectivity index (χ2n) is 7.68. The van der Waals surface area contributed by atoms with Crippen LogP contribution in [0.3, 0.4) is 0 Å². The topological polar surface area (TPSA) is 45.7 Å². The molecule has 1 saturated heterocycles. The number of hydrogen-bond acceptors (Lipinski definition) is 5. The first kappa shape index (κ1) is 21.2. The van der Waals surface area contributed by atoms with E-state index in [0.717, 1.165) is 64.9 Å². The number of thiazole rings is 1. The molecular formula is C23H26ClN3O2S. The summed E-state index contributed by atoms with van der Waals surface area (Å²) in [6, 6.07) is 12.0. The molecule has 0 spiro atoms. The summed E-state index contributed by atoms with van der Waals surface area (Å²) in [5, 5.41) is 1.44. The number of morpholine rings is 1. The van der Waals surface area contributed by atoms with Gasteiger partial charge in [0.05, 0.1) is 29.9 Å². The number of aromatic nitrogens is 1. The second-order valence-corrected chi connectivity index (χ2v) is 9.10. The third-order valence-electron chi connectivity index (χ3n) is 5.45. The van der Waals surface area contributed by atoms with E-state index < -0.39 is 0 Å². The Morgan fingerprint density at radius 1 is 1.23 bits per heavy atom. The maximum absolute atomic E-state index is 13.3. The number of nitrogens with zero attached hydrogens (tertiary/aromatic N) is 3. The van der Waals surface area contributed by atoms with Gasteiger partial charge in [0.2, 0.25) is 5.91 Å². The number of benzene rings is 2. The molecule has 0 saturated carbocycles. The van der Waals surface area contributed by atoms with Gasteiger partial charge in [-0.15, -0.1) is 0 Å². The molecule has 0 atom stereocenters. The van der Waals surface area contributed by atoms with Gasteiger partial charge in [-0.05, 0) is 37.1 Å². The van der Waals surface area contributed by atoms with Gasteiger partial charge < -0.3 is 4.74 Å². The van der Waals surface area contributed by atoms with Gasteiger partial charge in [-0.1, -0.05) is 52.8 Å². The maximum atomic E-state index is 13.3. The van der Waals surface area contributed by atoms with Crippen molar-refractivity contribution in [3.8, 4) is 0 Å². The molecule has 1 amide bonds. The molecule has 0 radical (unpaired) electrons. The van der Waals surface area contributed by atoms with E-state index in [4.69, 9.17) is 21.3 Å². The zero-order valence-electron chi connectivity index (χ0n) is 17.4. The summed E-state index contributed by atoms with van der Waals surface area (Å²) in [6.45, 7) is 8.72. The van der Waals surface area contributed by atoms with Gasteiger partial charge in [-0.25, -0.2) is 4.98 Å². The van der Waals surface area contributed by atoms with E-state index >= 15 is 0 Å². The monoisotopic (exact) mass is 443 g/mol. The van der Waals surface area contributed by atoms with Gasteiger partial charge in [0.15, 0.2) is 5.13 Å². The van der Waals surface area contributed by atoms with Crippen LogP contribution < -0.4 is 4.90 Å². The fourth-order valence-electron chi connectivity index (χ4n) is 3.69. The Balaban J connectivity index is 1.60. The molecule has 0 unspecified atom stereocenters. The summed E-state index contributed by atoms with van der Waals surface area (Å²) >= 11 is 7.84. The molecule has 0 aliphatic carbocycles. The number of aryl methyl sites for hydroxylation is 2. The lowest BCUT2D eigenvalue weighted by Crippen LogP contribution is -2.43. The molecule has 0 N–H and O–H groups in total. The zero-order chi connectivity index (χ0) is 21.1. The molecule has 7 heteroatoms. The Bertz CT molecular complexity index is 1050. The Morgan fingerprint density at radius 2 is 2.03 bits per heavy atom. The van der Waals surface area contributed by atoms with Crippen LogP contribution >= 0.6 is 22.9 Å². The molecule has 1 aliphatic rings. The first-order valence-electron chi connectivity index (χ1n) is 10.2. The van der Waals surface area contributed by atoms with Crippen molar-refractivity contribution in [1.82, 2.24) is 9.88 Å². The summed E-state index contributed by atoms with van der Waals surface area (Å²) in [6.07, 6.45) is 0.362. The van der Waals surface area contributed by atoms with Gasteiger partial charge in [0.25, 0.3) is 0 Å². The van der Waals surface area contributed by atoms with Crippen LogP contribution in [0, 0.1) is 13.8 Å². The third-order valence-corrected chi connectivity index (χ3v) is 6.90. The lowest BCUT2D eigenvalue weighted by Gasteiger charge is -2.29. The lowest BCUT2D eigenvalue weighted by atomic mass is 10.1. The van der Waals surface area contributed by atoms with Crippen molar-refractivity contribution in [3.05, 3.63) is 58.1 Å². The minimum atomic E-state index is 0.0664. The summed E-state index contributed by atoms with van der Waals surface area (Å²) < 4.78 is 6.50. The number of ether oxygens (including phenoxy) is 1. The predicted molar refractivity (Wildman–Crippen MR) is 124 cm³/mol. The standard InChI is InChI=1S/C23H26ClN3O2S/c1-16-4-3-5-18(14-16)15-21(28)27(9-8-26-10-12-29-13-11-26)23-25-22-17(2)19(24)6-7-20(22)30-23/h3-7,14H,8-13,15H2,1-2H3. The smallest absolute Gasteiger partial charge is 0.233 e. The molecule has 2 heterocycles. The Kier molecular flexibility index (Phi) is 6.68. The van der Waals surface area contributed by atoms with E-state index in [-0.39, 0.29) is 5.91 Å². The van der Waals surface area contributed by atoms with Crippen LogP contribution in [0.1, 0.15) is 16.7 Å². The van der Waals surface area contributed by atoms with Crippen molar-refractivity contribution in [1.29, 1.82) is 0 Å². The highest BCUT2D eigenvalue weighted by atomic mass is 35.5. The third kappa shape index (κ3) is 4.83. The molecule has 2 aromatic carbocycles. The molecular weight excluding hydrogens is 418 g/mol. The van der Waals surface area contributed by atoms with E-state index in [1.54, 1.807) is 11.3 Å². The van der Waals surface area contributed by atoms with Gasteiger partial charge in [-0.2, -0.15) is 0 Å². The number of rotatable bonds is 6. The van der Waals surface area contributed by atoms with Crippen molar-refractivity contribution in [2.45, 2.75) is 20.3 Å². The highest BCUT2D eigenvalue weighted by molar-refractivity contribution is 7.22. The van der Waals surface area contributed by atoms with Crippen molar-refractivity contribution in [3.63, 3.8) is 0 Å². The van der Waals surface area contributed by atoms with Crippen molar-refractivity contribution in [2.75, 3.05) is 44.3 Å². The van der Waals surface area contributed by atoms with Crippen molar-refractivity contribution < 1.29 is 9.53 Å². The van der Waals surface area contributed by atoms with Gasteiger partial charge in [-0.3, -0.25) is 14.6 Å². The summed E-state index contributed by atoms with van der Waals surface area (Å²) in [5.74, 6) is 0.0664. The van der Waals surface area contributed by atoms with Crippen LogP contribution in [0.4, 0.5) is 5.13 Å². The van der Waals surface area contributed by atoms with Gasteiger partial charge in [0, 0.05) is 31.2 Å². The molecule has 0 bridgehead atoms. The summed E-state index contributed by atoms with van der Waals surface area (Å²) in [5.41, 5.74) is 4.01. The Morgan fingerprint density at radius 3 is 2.80 bits per heavy atom.